The van der Waals surface area contributed by atoms with E-state index >= 15 is 0 Å². The minimum atomic E-state index is -0.410. The Hall–Kier alpha value is -1.84. The smallest absolute Gasteiger partial charge is 0.227 e. The summed E-state index contributed by atoms with van der Waals surface area (Å²) in [5, 5.41) is 0.966. The zero-order valence-electron chi connectivity index (χ0n) is 16.3. The fourth-order valence-electron chi connectivity index (χ4n) is 4.31. The van der Waals surface area contributed by atoms with Crippen molar-refractivity contribution in [1.29, 1.82) is 0 Å². The van der Waals surface area contributed by atoms with Crippen LogP contribution in [0.3, 0.4) is 0 Å². The molecule has 1 atom stereocenters. The average molecular weight is 418 g/mol. The van der Waals surface area contributed by atoms with Gasteiger partial charge in [0.25, 0.3) is 0 Å². The molecule has 0 spiro atoms. The predicted molar refractivity (Wildman–Crippen MR) is 114 cm³/mol. The number of aryl methyl sites for hydroxylation is 2. The molecule has 0 saturated carbocycles. The summed E-state index contributed by atoms with van der Waals surface area (Å²) in [5.74, 6) is 0.0973. The number of hydrogen-bond acceptors (Lipinski definition) is 2. The number of halogens is 2. The van der Waals surface area contributed by atoms with Crippen LogP contribution in [-0.4, -0.2) is 30.2 Å². The first kappa shape index (κ1) is 20.9. The molecule has 0 bridgehead atoms. The maximum Gasteiger partial charge on any atom is 0.227 e. The fraction of sp³-hybridized carbons (Fsp3) is 0.391. The third-order valence-electron chi connectivity index (χ3n) is 5.57. The minimum Gasteiger partial charge on any atom is -0.342 e. The third kappa shape index (κ3) is 4.59. The van der Waals surface area contributed by atoms with Gasteiger partial charge in [0.05, 0.1) is 16.5 Å². The van der Waals surface area contributed by atoms with Crippen molar-refractivity contribution in [3.8, 4) is 0 Å². The highest BCUT2D eigenvalue weighted by atomic mass is 35.5. The second kappa shape index (κ2) is 8.67. The number of rotatable bonds is 5. The molecule has 0 aromatic heterocycles. The second-order valence-electron chi connectivity index (χ2n) is 7.87. The van der Waals surface area contributed by atoms with E-state index in [1.54, 1.807) is 6.07 Å². The summed E-state index contributed by atoms with van der Waals surface area (Å²) < 4.78 is 0. The number of piperidine rings is 1. The van der Waals surface area contributed by atoms with Crippen molar-refractivity contribution >= 4 is 35.4 Å². The Bertz CT molecular complexity index is 876. The Balaban J connectivity index is 1.84. The van der Waals surface area contributed by atoms with Crippen molar-refractivity contribution in [2.45, 2.75) is 44.9 Å². The zero-order chi connectivity index (χ0) is 20.3. The Morgan fingerprint density at radius 1 is 1.11 bits per heavy atom. The second-order valence-corrected chi connectivity index (χ2v) is 8.69. The lowest BCUT2D eigenvalue weighted by Crippen LogP contribution is -2.49. The lowest BCUT2D eigenvalue weighted by atomic mass is 9.72. The lowest BCUT2D eigenvalue weighted by Gasteiger charge is -2.42. The third-order valence-corrected chi connectivity index (χ3v) is 6.31. The maximum absolute atomic E-state index is 13.0. The van der Waals surface area contributed by atoms with Crippen LogP contribution in [0.2, 0.25) is 10.0 Å². The first-order valence-corrected chi connectivity index (χ1v) is 10.3. The summed E-state index contributed by atoms with van der Waals surface area (Å²) in [4.78, 5) is 26.4. The van der Waals surface area contributed by atoms with E-state index in [2.05, 4.69) is 18.2 Å². The molecule has 1 heterocycles. The van der Waals surface area contributed by atoms with Gasteiger partial charge in [0.15, 0.2) is 0 Å². The van der Waals surface area contributed by atoms with Crippen LogP contribution in [0.25, 0.3) is 0 Å². The van der Waals surface area contributed by atoms with Gasteiger partial charge in [0.1, 0.15) is 6.29 Å². The van der Waals surface area contributed by atoms with Gasteiger partial charge in [0, 0.05) is 24.9 Å². The van der Waals surface area contributed by atoms with E-state index < -0.39 is 5.41 Å². The highest BCUT2D eigenvalue weighted by Crippen LogP contribution is 2.39. The zero-order valence-corrected chi connectivity index (χ0v) is 17.8. The molecule has 2 aromatic rings. The van der Waals surface area contributed by atoms with Gasteiger partial charge >= 0.3 is 0 Å². The molecule has 28 heavy (non-hydrogen) atoms. The van der Waals surface area contributed by atoms with Crippen LogP contribution in [0, 0.1) is 13.8 Å². The van der Waals surface area contributed by atoms with E-state index in [9.17, 15) is 9.59 Å². The molecule has 1 fully saturated rings. The van der Waals surface area contributed by atoms with Crippen molar-refractivity contribution in [3.63, 3.8) is 0 Å². The van der Waals surface area contributed by atoms with Gasteiger partial charge in [-0.2, -0.15) is 0 Å². The average Bonchev–Trinajstić information content (AvgIpc) is 2.63. The summed E-state index contributed by atoms with van der Waals surface area (Å²) in [6.45, 7) is 5.32. The Labute approximate surface area is 176 Å². The van der Waals surface area contributed by atoms with Gasteiger partial charge in [-0.1, -0.05) is 58.6 Å². The molecule has 1 saturated heterocycles. The SMILES string of the molecule is Cc1cc(C)cc(CC(=O)N2CCCC(CC=O)(c3ccc(Cl)c(Cl)c3)C2)c1. The quantitative estimate of drug-likeness (QED) is 0.618. The molecule has 0 radical (unpaired) electrons. The van der Waals surface area contributed by atoms with Gasteiger partial charge in [-0.05, 0) is 49.9 Å². The summed E-state index contributed by atoms with van der Waals surface area (Å²) in [7, 11) is 0. The van der Waals surface area contributed by atoms with E-state index in [1.165, 1.54) is 0 Å². The number of hydrogen-bond donors (Lipinski definition) is 0. The van der Waals surface area contributed by atoms with Gasteiger partial charge < -0.3 is 9.69 Å². The number of carbonyl (C=O) groups excluding carboxylic acids is 2. The van der Waals surface area contributed by atoms with Gasteiger partial charge in [-0.15, -0.1) is 0 Å². The van der Waals surface area contributed by atoms with Gasteiger partial charge in [0.2, 0.25) is 5.91 Å². The van der Waals surface area contributed by atoms with Crippen LogP contribution in [-0.2, 0) is 21.4 Å². The van der Waals surface area contributed by atoms with Crippen LogP contribution in [0.4, 0.5) is 0 Å². The van der Waals surface area contributed by atoms with Crippen molar-refractivity contribution in [2.75, 3.05) is 13.1 Å². The normalized spacial score (nSPS) is 19.5. The van der Waals surface area contributed by atoms with Crippen LogP contribution in [0.15, 0.2) is 36.4 Å². The van der Waals surface area contributed by atoms with Crippen LogP contribution in [0.5, 0.6) is 0 Å². The highest BCUT2D eigenvalue weighted by Gasteiger charge is 2.38. The summed E-state index contributed by atoms with van der Waals surface area (Å²) >= 11 is 12.3. The van der Waals surface area contributed by atoms with E-state index in [0.29, 0.717) is 36.0 Å². The summed E-state index contributed by atoms with van der Waals surface area (Å²) in [5.41, 5.74) is 3.91. The van der Waals surface area contributed by atoms with Crippen molar-refractivity contribution in [1.82, 2.24) is 4.90 Å². The summed E-state index contributed by atoms with van der Waals surface area (Å²) in [6.07, 6.45) is 3.38. The molecule has 0 aliphatic carbocycles. The van der Waals surface area contributed by atoms with E-state index in [1.807, 2.05) is 30.9 Å². The topological polar surface area (TPSA) is 37.4 Å². The number of amides is 1. The Morgan fingerprint density at radius 3 is 2.46 bits per heavy atom. The van der Waals surface area contributed by atoms with Crippen LogP contribution in [0.1, 0.15) is 41.5 Å². The monoisotopic (exact) mass is 417 g/mol. The molecule has 1 unspecified atom stereocenters. The van der Waals surface area contributed by atoms with Gasteiger partial charge in [-0.3, -0.25) is 4.79 Å². The van der Waals surface area contributed by atoms with Crippen molar-refractivity contribution < 1.29 is 9.59 Å². The number of benzene rings is 2. The van der Waals surface area contributed by atoms with E-state index in [0.717, 1.165) is 41.4 Å². The molecule has 148 valence electrons. The maximum atomic E-state index is 13.0. The molecular weight excluding hydrogens is 393 g/mol. The van der Waals surface area contributed by atoms with Crippen LogP contribution < -0.4 is 0 Å². The minimum absolute atomic E-state index is 0.0973. The molecule has 1 aliphatic heterocycles. The number of nitrogens with zero attached hydrogens (tertiary/aromatic N) is 1. The van der Waals surface area contributed by atoms with E-state index in [-0.39, 0.29) is 5.91 Å². The standard InChI is InChI=1S/C23H25Cl2NO2/c1-16-10-17(2)12-18(11-16)13-22(28)26-8-3-6-23(15-26,7-9-27)19-4-5-20(24)21(25)14-19/h4-5,9-12,14H,3,6-8,13,15H2,1-2H3. The molecule has 1 amide bonds. The molecule has 5 heteroatoms. The lowest BCUT2D eigenvalue weighted by molar-refractivity contribution is -0.133. The number of aldehydes is 1. The largest absolute Gasteiger partial charge is 0.342 e. The highest BCUT2D eigenvalue weighted by molar-refractivity contribution is 6.42. The first-order valence-electron chi connectivity index (χ1n) is 9.57. The molecule has 0 N–H and O–H groups in total. The Morgan fingerprint density at radius 2 is 1.82 bits per heavy atom. The molecule has 2 aromatic carbocycles. The predicted octanol–water partition coefficient (Wildman–Crippen LogP) is 5.30. The van der Waals surface area contributed by atoms with Crippen molar-refractivity contribution in [3.05, 3.63) is 68.7 Å². The number of carbonyl (C=O) groups is 2. The van der Waals surface area contributed by atoms with E-state index in [4.69, 9.17) is 23.2 Å². The van der Waals surface area contributed by atoms with Crippen molar-refractivity contribution in [2.24, 2.45) is 0 Å². The molecule has 1 aliphatic rings. The fourth-order valence-corrected chi connectivity index (χ4v) is 4.61. The van der Waals surface area contributed by atoms with Gasteiger partial charge in [-0.25, -0.2) is 0 Å². The number of likely N-dealkylation sites (tertiary alicyclic amines) is 1. The summed E-state index contributed by atoms with van der Waals surface area (Å²) in [6, 6.07) is 11.8. The first-order chi connectivity index (χ1) is 13.3. The molecule has 3 rings (SSSR count). The Kier molecular flexibility index (Phi) is 6.47. The molecule has 3 nitrogen and oxygen atoms in total. The van der Waals surface area contributed by atoms with Crippen LogP contribution >= 0.6 is 23.2 Å². The molecular formula is C23H25Cl2NO2.